The molecule has 0 aromatic heterocycles. The lowest BCUT2D eigenvalue weighted by atomic mass is 9.91. The van der Waals surface area contributed by atoms with E-state index in [9.17, 15) is 13.2 Å². The summed E-state index contributed by atoms with van der Waals surface area (Å²) < 4.78 is 60.6. The first-order valence-corrected chi connectivity index (χ1v) is 9.40. The van der Waals surface area contributed by atoms with E-state index in [1.165, 1.54) is 6.07 Å². The number of rotatable bonds is 4. The molecular weight excluding hydrogens is 369 g/mol. The highest BCUT2D eigenvalue weighted by atomic mass is 19.2. The van der Waals surface area contributed by atoms with E-state index < -0.39 is 23.6 Å². The molecule has 148 valence electrons. The van der Waals surface area contributed by atoms with Crippen molar-refractivity contribution in [1.29, 1.82) is 0 Å². The zero-order valence-corrected chi connectivity index (χ0v) is 15.6. The molecule has 0 bridgehead atoms. The van der Waals surface area contributed by atoms with Gasteiger partial charge in [-0.3, -0.25) is 0 Å². The lowest BCUT2D eigenvalue weighted by molar-refractivity contribution is -0.00744. The van der Waals surface area contributed by atoms with Crippen LogP contribution in [0.4, 0.5) is 13.2 Å². The first-order chi connectivity index (χ1) is 13.5. The molecule has 0 spiro atoms. The van der Waals surface area contributed by atoms with Gasteiger partial charge in [-0.1, -0.05) is 12.1 Å². The summed E-state index contributed by atoms with van der Waals surface area (Å²) in [6.45, 7) is 6.19. The molecule has 1 saturated heterocycles. The van der Waals surface area contributed by atoms with Crippen LogP contribution in [0.1, 0.15) is 42.6 Å². The lowest BCUT2D eigenvalue weighted by Gasteiger charge is -2.29. The predicted octanol–water partition coefficient (Wildman–Crippen LogP) is 5.85. The Bertz CT molecular complexity index is 918. The predicted molar refractivity (Wildman–Crippen MR) is 98.4 cm³/mol. The van der Waals surface area contributed by atoms with Crippen LogP contribution in [0, 0.1) is 23.4 Å². The second kappa shape index (κ2) is 7.51. The van der Waals surface area contributed by atoms with Crippen LogP contribution in [0.2, 0.25) is 0 Å². The van der Waals surface area contributed by atoms with Crippen molar-refractivity contribution in [2.24, 2.45) is 5.92 Å². The Hall–Kier alpha value is -2.47. The molecule has 0 amide bonds. The molecule has 0 aliphatic carbocycles. The average molecular weight is 390 g/mol. The summed E-state index contributed by atoms with van der Waals surface area (Å²) in [7, 11) is 0. The quantitative estimate of drug-likeness (QED) is 0.523. The van der Waals surface area contributed by atoms with Gasteiger partial charge in [-0.15, -0.1) is 6.58 Å². The molecule has 28 heavy (non-hydrogen) atoms. The Kier molecular flexibility index (Phi) is 5.06. The number of hydrogen-bond donors (Lipinski definition) is 0. The van der Waals surface area contributed by atoms with E-state index in [-0.39, 0.29) is 41.8 Å². The molecule has 2 aromatic carbocycles. The molecule has 2 aromatic rings. The second-order valence-electron chi connectivity index (χ2n) is 7.05. The van der Waals surface area contributed by atoms with Crippen LogP contribution in [-0.2, 0) is 11.2 Å². The van der Waals surface area contributed by atoms with Crippen LogP contribution in [-0.4, -0.2) is 13.2 Å². The van der Waals surface area contributed by atoms with Gasteiger partial charge in [0.15, 0.2) is 23.1 Å². The SMILES string of the molecule is C=CC1CCC(c2cc3c(c(F)c2F)Oc2c(ccc(OCC)c2F)C3)OC1. The highest BCUT2D eigenvalue weighted by Crippen LogP contribution is 2.45. The minimum absolute atomic E-state index is 0.0228. The van der Waals surface area contributed by atoms with Gasteiger partial charge < -0.3 is 14.2 Å². The molecule has 2 heterocycles. The smallest absolute Gasteiger partial charge is 0.207 e. The number of halogens is 3. The van der Waals surface area contributed by atoms with Gasteiger partial charge in [0.05, 0.1) is 19.3 Å². The Morgan fingerprint density at radius 3 is 2.57 bits per heavy atom. The summed E-state index contributed by atoms with van der Waals surface area (Å²) in [6.07, 6.45) is 2.91. The molecule has 2 unspecified atom stereocenters. The topological polar surface area (TPSA) is 27.7 Å². The summed E-state index contributed by atoms with van der Waals surface area (Å²) in [4.78, 5) is 0. The number of benzene rings is 2. The maximum atomic E-state index is 14.8. The molecular formula is C22H21F3O3. The van der Waals surface area contributed by atoms with Crippen molar-refractivity contribution < 1.29 is 27.4 Å². The molecule has 0 radical (unpaired) electrons. The van der Waals surface area contributed by atoms with Crippen LogP contribution in [0.5, 0.6) is 17.2 Å². The molecule has 0 saturated carbocycles. The third-order valence-corrected chi connectivity index (χ3v) is 5.29. The van der Waals surface area contributed by atoms with Gasteiger partial charge in [0.2, 0.25) is 11.6 Å². The first-order valence-electron chi connectivity index (χ1n) is 9.40. The van der Waals surface area contributed by atoms with Crippen molar-refractivity contribution in [3.8, 4) is 17.2 Å². The molecule has 1 fully saturated rings. The fourth-order valence-electron chi connectivity index (χ4n) is 3.76. The minimum atomic E-state index is -1.12. The number of hydrogen-bond acceptors (Lipinski definition) is 3. The maximum absolute atomic E-state index is 14.8. The van der Waals surface area contributed by atoms with Crippen LogP contribution >= 0.6 is 0 Å². The van der Waals surface area contributed by atoms with Gasteiger partial charge in [0.25, 0.3) is 0 Å². The first kappa shape index (κ1) is 18.9. The standard InChI is InChI=1S/C22H21F3O3/c1-3-12-5-7-16(27-11-12)15-10-14-9-13-6-8-17(26-4-2)19(24)21(13)28-22(14)20(25)18(15)23/h3,6,8,10,12,16H,1,4-5,7,9,11H2,2H3. The van der Waals surface area contributed by atoms with Gasteiger partial charge >= 0.3 is 0 Å². The second-order valence-corrected chi connectivity index (χ2v) is 7.05. The van der Waals surface area contributed by atoms with Crippen molar-refractivity contribution in [2.45, 2.75) is 32.3 Å². The van der Waals surface area contributed by atoms with Crippen molar-refractivity contribution in [2.75, 3.05) is 13.2 Å². The summed E-state index contributed by atoms with van der Waals surface area (Å²) in [6, 6.07) is 4.77. The van der Waals surface area contributed by atoms with Crippen molar-refractivity contribution in [3.63, 3.8) is 0 Å². The maximum Gasteiger partial charge on any atom is 0.207 e. The lowest BCUT2D eigenvalue weighted by Crippen LogP contribution is -2.21. The van der Waals surface area contributed by atoms with Gasteiger partial charge in [-0.05, 0) is 31.9 Å². The van der Waals surface area contributed by atoms with Crippen molar-refractivity contribution in [3.05, 3.63) is 65.0 Å². The van der Waals surface area contributed by atoms with Crippen molar-refractivity contribution >= 4 is 0 Å². The van der Waals surface area contributed by atoms with E-state index in [0.29, 0.717) is 24.2 Å². The van der Waals surface area contributed by atoms with Crippen LogP contribution in [0.3, 0.4) is 0 Å². The Morgan fingerprint density at radius 2 is 1.89 bits per heavy atom. The van der Waals surface area contributed by atoms with Crippen LogP contribution < -0.4 is 9.47 Å². The zero-order chi connectivity index (χ0) is 19.8. The summed E-state index contributed by atoms with van der Waals surface area (Å²) in [5.41, 5.74) is 1.21. The third kappa shape index (κ3) is 3.15. The van der Waals surface area contributed by atoms with Crippen LogP contribution in [0.15, 0.2) is 30.9 Å². The molecule has 6 heteroatoms. The molecule has 2 aliphatic rings. The third-order valence-electron chi connectivity index (χ3n) is 5.29. The van der Waals surface area contributed by atoms with Crippen LogP contribution in [0.25, 0.3) is 0 Å². The van der Waals surface area contributed by atoms with Gasteiger partial charge in [-0.2, -0.15) is 8.78 Å². The normalized spacial score (nSPS) is 20.7. The average Bonchev–Trinajstić information content (AvgIpc) is 2.72. The van der Waals surface area contributed by atoms with Crippen molar-refractivity contribution in [1.82, 2.24) is 0 Å². The van der Waals surface area contributed by atoms with E-state index in [1.54, 1.807) is 19.1 Å². The summed E-state index contributed by atoms with van der Waals surface area (Å²) >= 11 is 0. The zero-order valence-electron chi connectivity index (χ0n) is 15.6. The van der Waals surface area contributed by atoms with Gasteiger partial charge in [0.1, 0.15) is 0 Å². The fourth-order valence-corrected chi connectivity index (χ4v) is 3.76. The van der Waals surface area contributed by atoms with E-state index >= 15 is 0 Å². The van der Waals surface area contributed by atoms with Gasteiger partial charge in [-0.25, -0.2) is 4.39 Å². The highest BCUT2D eigenvalue weighted by Gasteiger charge is 2.32. The highest BCUT2D eigenvalue weighted by molar-refractivity contribution is 5.55. The largest absolute Gasteiger partial charge is 0.491 e. The molecule has 0 N–H and O–H groups in total. The Morgan fingerprint density at radius 1 is 1.11 bits per heavy atom. The Labute approximate surface area is 161 Å². The number of fused-ring (bicyclic) bond motifs is 2. The van der Waals surface area contributed by atoms with E-state index in [1.807, 2.05) is 6.08 Å². The van der Waals surface area contributed by atoms with Gasteiger partial charge in [0, 0.05) is 29.0 Å². The molecule has 3 nitrogen and oxygen atoms in total. The molecule has 2 aliphatic heterocycles. The molecule has 2 atom stereocenters. The van der Waals surface area contributed by atoms with E-state index in [0.717, 1.165) is 6.42 Å². The fraction of sp³-hybridized carbons (Fsp3) is 0.364. The minimum Gasteiger partial charge on any atom is -0.491 e. The summed E-state index contributed by atoms with van der Waals surface area (Å²) in [5, 5.41) is 0. The van der Waals surface area contributed by atoms with E-state index in [4.69, 9.17) is 14.2 Å². The monoisotopic (exact) mass is 390 g/mol. The Balaban J connectivity index is 1.68. The molecule has 4 rings (SSSR count). The van der Waals surface area contributed by atoms with E-state index in [2.05, 4.69) is 6.58 Å². The number of ether oxygens (including phenoxy) is 3. The summed E-state index contributed by atoms with van der Waals surface area (Å²) in [5.74, 6) is -2.98.